The lowest BCUT2D eigenvalue weighted by Gasteiger charge is -2.06. The molecule has 10 heavy (non-hydrogen) atoms. The van der Waals surface area contributed by atoms with Crippen molar-refractivity contribution in [1.29, 1.82) is 0 Å². The van der Waals surface area contributed by atoms with Crippen LogP contribution in [0.4, 0.5) is 0 Å². The summed E-state index contributed by atoms with van der Waals surface area (Å²) in [5, 5.41) is 9.31. The van der Waals surface area contributed by atoms with Crippen molar-refractivity contribution < 1.29 is 9.84 Å². The Hall–Kier alpha value is -0.0800. The van der Waals surface area contributed by atoms with E-state index in [0.717, 1.165) is 25.9 Å². The van der Waals surface area contributed by atoms with Gasteiger partial charge >= 0.3 is 0 Å². The van der Waals surface area contributed by atoms with E-state index in [1.54, 1.807) is 0 Å². The van der Waals surface area contributed by atoms with E-state index < -0.39 is 0 Å². The largest absolute Gasteiger partial charge is 0.393 e. The van der Waals surface area contributed by atoms with Gasteiger partial charge < -0.3 is 9.84 Å². The molecule has 1 rings (SSSR count). The van der Waals surface area contributed by atoms with Gasteiger partial charge in [-0.2, -0.15) is 0 Å². The van der Waals surface area contributed by atoms with Crippen LogP contribution in [0.25, 0.3) is 0 Å². The van der Waals surface area contributed by atoms with Crippen molar-refractivity contribution in [3.63, 3.8) is 0 Å². The van der Waals surface area contributed by atoms with Crippen LogP contribution in [0.2, 0.25) is 0 Å². The number of hydrogen-bond donors (Lipinski definition) is 1. The number of unbranched alkanes of at least 4 members (excludes halogenated alkanes) is 1. The van der Waals surface area contributed by atoms with Gasteiger partial charge in [0.15, 0.2) is 0 Å². The minimum absolute atomic E-state index is 0.118. The smallest absolute Gasteiger partial charge is 0.0834 e. The molecule has 2 heteroatoms. The minimum Gasteiger partial charge on any atom is -0.393 e. The van der Waals surface area contributed by atoms with Crippen molar-refractivity contribution in [3.05, 3.63) is 0 Å². The fourth-order valence-electron chi connectivity index (χ4n) is 1.07. The number of aliphatic hydroxyl groups excluding tert-OH is 1. The van der Waals surface area contributed by atoms with Crippen molar-refractivity contribution in [2.45, 2.75) is 44.8 Å². The van der Waals surface area contributed by atoms with Gasteiger partial charge in [-0.25, -0.2) is 0 Å². The van der Waals surface area contributed by atoms with Gasteiger partial charge in [0.25, 0.3) is 0 Å². The molecule has 0 bridgehead atoms. The van der Waals surface area contributed by atoms with Crippen molar-refractivity contribution >= 4 is 0 Å². The molecule has 0 aromatic carbocycles. The Kier molecular flexibility index (Phi) is 3.16. The summed E-state index contributed by atoms with van der Waals surface area (Å²) in [6, 6.07) is 0. The average molecular weight is 144 g/mol. The summed E-state index contributed by atoms with van der Waals surface area (Å²) in [6.45, 7) is 3.00. The molecule has 60 valence electrons. The molecule has 1 aliphatic heterocycles. The molecule has 2 atom stereocenters. The van der Waals surface area contributed by atoms with Crippen LogP contribution in [0.15, 0.2) is 0 Å². The lowest BCUT2D eigenvalue weighted by Crippen LogP contribution is -2.09. The van der Waals surface area contributed by atoms with Crippen LogP contribution in [0.3, 0.4) is 0 Å². The lowest BCUT2D eigenvalue weighted by atomic mass is 10.1. The first-order valence-electron chi connectivity index (χ1n) is 4.12. The van der Waals surface area contributed by atoms with E-state index in [1.165, 1.54) is 6.42 Å². The van der Waals surface area contributed by atoms with Gasteiger partial charge in [0.2, 0.25) is 0 Å². The monoisotopic (exact) mass is 144 g/mol. The van der Waals surface area contributed by atoms with Crippen LogP contribution in [-0.2, 0) is 4.74 Å². The average Bonchev–Trinajstić information content (AvgIpc) is 2.67. The predicted molar refractivity (Wildman–Crippen MR) is 39.9 cm³/mol. The minimum atomic E-state index is -0.118. The second-order valence-corrected chi connectivity index (χ2v) is 2.99. The molecule has 1 aliphatic rings. The zero-order chi connectivity index (χ0) is 7.40. The van der Waals surface area contributed by atoms with Crippen LogP contribution in [0.5, 0.6) is 0 Å². The van der Waals surface area contributed by atoms with Gasteiger partial charge in [-0.15, -0.1) is 0 Å². The maximum Gasteiger partial charge on any atom is 0.0834 e. The normalized spacial score (nSPS) is 26.4. The molecule has 0 saturated carbocycles. The summed E-state index contributed by atoms with van der Waals surface area (Å²) in [7, 11) is 0. The SMILES string of the molecule is CCCCC(O)CC1CO1. The maximum absolute atomic E-state index is 9.31. The van der Waals surface area contributed by atoms with Gasteiger partial charge in [0, 0.05) is 6.42 Å². The molecule has 0 radical (unpaired) electrons. The third-order valence-corrected chi connectivity index (χ3v) is 1.83. The molecule has 0 amide bonds. The van der Waals surface area contributed by atoms with E-state index >= 15 is 0 Å². The van der Waals surface area contributed by atoms with E-state index in [1.807, 2.05) is 0 Å². The third kappa shape index (κ3) is 3.18. The zero-order valence-corrected chi connectivity index (χ0v) is 6.55. The zero-order valence-electron chi connectivity index (χ0n) is 6.55. The van der Waals surface area contributed by atoms with E-state index in [4.69, 9.17) is 4.74 Å². The molecule has 0 aromatic rings. The van der Waals surface area contributed by atoms with Crippen LogP contribution >= 0.6 is 0 Å². The second-order valence-electron chi connectivity index (χ2n) is 2.99. The summed E-state index contributed by atoms with van der Waals surface area (Å²) in [4.78, 5) is 0. The standard InChI is InChI=1S/C8H16O2/c1-2-3-4-7(9)5-8-6-10-8/h7-9H,2-6H2,1H3. The molecule has 2 unspecified atom stereocenters. The molecular weight excluding hydrogens is 128 g/mol. The highest BCUT2D eigenvalue weighted by Gasteiger charge is 2.25. The molecule has 2 nitrogen and oxygen atoms in total. The van der Waals surface area contributed by atoms with Crippen LogP contribution in [0, 0.1) is 0 Å². The Morgan fingerprint density at radius 1 is 1.70 bits per heavy atom. The topological polar surface area (TPSA) is 32.8 Å². The number of hydrogen-bond acceptors (Lipinski definition) is 2. The highest BCUT2D eigenvalue weighted by Crippen LogP contribution is 2.17. The molecule has 1 heterocycles. The molecule has 0 aliphatic carbocycles. The quantitative estimate of drug-likeness (QED) is 0.590. The predicted octanol–water partition coefficient (Wildman–Crippen LogP) is 1.33. The third-order valence-electron chi connectivity index (χ3n) is 1.83. The van der Waals surface area contributed by atoms with Gasteiger partial charge in [0.05, 0.1) is 18.8 Å². The fourth-order valence-corrected chi connectivity index (χ4v) is 1.07. The number of ether oxygens (including phenoxy) is 1. The highest BCUT2D eigenvalue weighted by atomic mass is 16.6. The first kappa shape index (κ1) is 8.02. The molecule has 1 saturated heterocycles. The van der Waals surface area contributed by atoms with Crippen molar-refractivity contribution in [3.8, 4) is 0 Å². The Morgan fingerprint density at radius 3 is 2.90 bits per heavy atom. The first-order chi connectivity index (χ1) is 4.83. The summed E-state index contributed by atoms with van der Waals surface area (Å²) in [6.07, 6.45) is 4.35. The molecule has 1 fully saturated rings. The fraction of sp³-hybridized carbons (Fsp3) is 1.00. The van der Waals surface area contributed by atoms with Gasteiger partial charge in [-0.05, 0) is 6.42 Å². The molecule has 0 spiro atoms. The number of rotatable bonds is 5. The van der Waals surface area contributed by atoms with Crippen LogP contribution in [0.1, 0.15) is 32.6 Å². The molecular formula is C8H16O2. The van der Waals surface area contributed by atoms with E-state index in [9.17, 15) is 5.11 Å². The van der Waals surface area contributed by atoms with Crippen molar-refractivity contribution in [1.82, 2.24) is 0 Å². The Balaban J connectivity index is 1.91. The Labute approximate surface area is 62.2 Å². The van der Waals surface area contributed by atoms with Crippen molar-refractivity contribution in [2.24, 2.45) is 0 Å². The summed E-state index contributed by atoms with van der Waals surface area (Å²) in [5.41, 5.74) is 0. The lowest BCUT2D eigenvalue weighted by molar-refractivity contribution is 0.140. The summed E-state index contributed by atoms with van der Waals surface area (Å²) in [5.74, 6) is 0. The first-order valence-corrected chi connectivity index (χ1v) is 4.12. The molecule has 0 aromatic heterocycles. The number of aliphatic hydroxyl groups is 1. The van der Waals surface area contributed by atoms with Crippen molar-refractivity contribution in [2.75, 3.05) is 6.61 Å². The van der Waals surface area contributed by atoms with Gasteiger partial charge in [-0.3, -0.25) is 0 Å². The molecule has 1 N–H and O–H groups in total. The van der Waals surface area contributed by atoms with Crippen LogP contribution in [-0.4, -0.2) is 23.9 Å². The Bertz CT molecular complexity index is 89.3. The summed E-state index contributed by atoms with van der Waals surface area (Å²) >= 11 is 0. The second kappa shape index (κ2) is 3.94. The van der Waals surface area contributed by atoms with Gasteiger partial charge in [0.1, 0.15) is 0 Å². The van der Waals surface area contributed by atoms with Crippen LogP contribution < -0.4 is 0 Å². The Morgan fingerprint density at radius 2 is 2.40 bits per heavy atom. The summed E-state index contributed by atoms with van der Waals surface area (Å²) < 4.78 is 5.00. The van der Waals surface area contributed by atoms with E-state index in [2.05, 4.69) is 6.92 Å². The van der Waals surface area contributed by atoms with Gasteiger partial charge in [-0.1, -0.05) is 19.8 Å². The van der Waals surface area contributed by atoms with E-state index in [0.29, 0.717) is 6.10 Å². The number of epoxide rings is 1. The highest BCUT2D eigenvalue weighted by molar-refractivity contribution is 4.73. The maximum atomic E-state index is 9.31. The van der Waals surface area contributed by atoms with E-state index in [-0.39, 0.29) is 6.10 Å².